The zero-order valence-corrected chi connectivity index (χ0v) is 21.5. The van der Waals surface area contributed by atoms with Gasteiger partial charge in [0.05, 0.1) is 6.04 Å². The average molecular weight is 497 g/mol. The van der Waals surface area contributed by atoms with Crippen molar-refractivity contribution in [2.24, 2.45) is 5.92 Å². The van der Waals surface area contributed by atoms with E-state index in [0.29, 0.717) is 19.0 Å². The Labute approximate surface area is 212 Å². The van der Waals surface area contributed by atoms with E-state index in [4.69, 9.17) is 9.26 Å². The Balaban J connectivity index is 1.12. The fourth-order valence-corrected chi connectivity index (χ4v) is 6.57. The Bertz CT molecular complexity index is 1020. The lowest BCUT2D eigenvalue weighted by atomic mass is 9.91. The first-order valence-electron chi connectivity index (χ1n) is 13.1. The molecule has 1 aliphatic carbocycles. The first-order valence-corrected chi connectivity index (χ1v) is 14.0. The van der Waals surface area contributed by atoms with Gasteiger partial charge < -0.3 is 14.2 Å². The normalized spacial score (nSPS) is 22.0. The van der Waals surface area contributed by atoms with Gasteiger partial charge in [-0.15, -0.1) is 0 Å². The minimum atomic E-state index is 0.112. The Kier molecular flexibility index (Phi) is 8.09. The van der Waals surface area contributed by atoms with Crippen LogP contribution in [0, 0.1) is 5.92 Å². The molecule has 1 saturated heterocycles. The number of piperidine rings is 1. The molecule has 7 nitrogen and oxygen atoms in total. The highest BCUT2D eigenvalue weighted by Crippen LogP contribution is 2.37. The molecule has 2 aromatic rings. The molecule has 1 saturated carbocycles. The zero-order chi connectivity index (χ0) is 24.0. The fraction of sp³-hybridized carbons (Fsp3) is 0.593. The number of ether oxygens (including phenoxy) is 1. The summed E-state index contributed by atoms with van der Waals surface area (Å²) in [5, 5.41) is 4.32. The summed E-state index contributed by atoms with van der Waals surface area (Å²) < 4.78 is 13.9. The van der Waals surface area contributed by atoms with Crippen LogP contribution in [0.25, 0.3) is 0 Å². The molecule has 3 heterocycles. The third kappa shape index (κ3) is 6.28. The summed E-state index contributed by atoms with van der Waals surface area (Å²) in [6.45, 7) is 4.50. The maximum Gasteiger partial charge on any atom is 0.264 e. The van der Waals surface area contributed by atoms with Gasteiger partial charge in [0.2, 0.25) is 5.91 Å². The van der Waals surface area contributed by atoms with Gasteiger partial charge in [-0.2, -0.15) is 4.98 Å². The van der Waals surface area contributed by atoms with Crippen molar-refractivity contribution in [2.75, 3.05) is 18.8 Å². The molecule has 5 rings (SSSR count). The van der Waals surface area contributed by atoms with Crippen LogP contribution in [0.3, 0.4) is 0 Å². The van der Waals surface area contributed by atoms with E-state index >= 15 is 0 Å². The second-order valence-electron chi connectivity index (χ2n) is 10.0. The summed E-state index contributed by atoms with van der Waals surface area (Å²) in [5.74, 6) is 4.22. The largest absolute Gasteiger partial charge is 0.484 e. The summed E-state index contributed by atoms with van der Waals surface area (Å²) in [5.41, 5.74) is 1.90. The van der Waals surface area contributed by atoms with Gasteiger partial charge in [0.1, 0.15) is 5.75 Å². The summed E-state index contributed by atoms with van der Waals surface area (Å²) in [4.78, 5) is 18.6. The van der Waals surface area contributed by atoms with Crippen molar-refractivity contribution in [1.29, 1.82) is 0 Å². The molecular formula is C27H36N4O3S. The van der Waals surface area contributed by atoms with Gasteiger partial charge in [0.15, 0.2) is 12.4 Å². The van der Waals surface area contributed by atoms with Gasteiger partial charge in [-0.3, -0.25) is 4.79 Å². The Morgan fingerprint density at radius 2 is 1.89 bits per heavy atom. The van der Waals surface area contributed by atoms with Crippen LogP contribution in [0.15, 0.2) is 40.4 Å². The SMILES string of the molecule is CC1=CCN(Cc2ccc(OCc3nc(C4CCCCN4SCC4CCCCC4)no3)cc2)C1=O. The first-order chi connectivity index (χ1) is 17.2. The van der Waals surface area contributed by atoms with Crippen LogP contribution in [0.4, 0.5) is 0 Å². The summed E-state index contributed by atoms with van der Waals surface area (Å²) in [6, 6.07) is 8.08. The molecule has 1 atom stereocenters. The van der Waals surface area contributed by atoms with E-state index in [0.717, 1.165) is 41.6 Å². The lowest BCUT2D eigenvalue weighted by Crippen LogP contribution is -2.29. The van der Waals surface area contributed by atoms with E-state index < -0.39 is 0 Å². The molecule has 0 bridgehead atoms. The standard InChI is InChI=1S/C27H36N4O3S/c1-20-14-16-30(27(20)32)17-21-10-12-23(13-11-21)33-18-25-28-26(29-34-25)24-9-5-6-15-31(24)35-19-22-7-3-2-4-8-22/h10-14,22,24H,2-9,15-19H2,1H3. The maximum atomic E-state index is 12.1. The van der Waals surface area contributed by atoms with Gasteiger partial charge >= 0.3 is 0 Å². The van der Waals surface area contributed by atoms with Crippen molar-refractivity contribution < 1.29 is 14.1 Å². The van der Waals surface area contributed by atoms with Gasteiger partial charge in [-0.1, -0.05) is 61.0 Å². The van der Waals surface area contributed by atoms with Crippen LogP contribution in [-0.2, 0) is 17.9 Å². The van der Waals surface area contributed by atoms with Gasteiger partial charge in [0, 0.05) is 31.0 Å². The number of benzene rings is 1. The number of hydrogen-bond donors (Lipinski definition) is 0. The number of carbonyl (C=O) groups is 1. The van der Waals surface area contributed by atoms with Crippen molar-refractivity contribution in [1.82, 2.24) is 19.3 Å². The van der Waals surface area contributed by atoms with Crippen molar-refractivity contribution in [2.45, 2.75) is 77.5 Å². The lowest BCUT2D eigenvalue weighted by Gasteiger charge is -2.34. The Hall–Kier alpha value is -2.32. The van der Waals surface area contributed by atoms with Crippen LogP contribution in [0.5, 0.6) is 5.75 Å². The number of aromatic nitrogens is 2. The Morgan fingerprint density at radius 3 is 2.66 bits per heavy atom. The summed E-state index contributed by atoms with van der Waals surface area (Å²) in [6.07, 6.45) is 12.4. The second-order valence-corrected chi connectivity index (χ2v) is 11.1. The lowest BCUT2D eigenvalue weighted by molar-refractivity contribution is -0.125. The molecule has 3 aliphatic rings. The van der Waals surface area contributed by atoms with E-state index in [-0.39, 0.29) is 18.6 Å². The van der Waals surface area contributed by atoms with E-state index in [1.807, 2.05) is 54.1 Å². The molecule has 1 amide bonds. The molecule has 0 radical (unpaired) electrons. The summed E-state index contributed by atoms with van der Waals surface area (Å²) >= 11 is 1.99. The van der Waals surface area contributed by atoms with E-state index in [1.54, 1.807) is 0 Å². The summed E-state index contributed by atoms with van der Waals surface area (Å²) in [7, 11) is 0. The minimum Gasteiger partial charge on any atom is -0.484 e. The van der Waals surface area contributed by atoms with Crippen LogP contribution < -0.4 is 4.74 Å². The van der Waals surface area contributed by atoms with Crippen molar-refractivity contribution >= 4 is 17.9 Å². The van der Waals surface area contributed by atoms with Gasteiger partial charge in [0.25, 0.3) is 5.89 Å². The Morgan fingerprint density at radius 1 is 1.09 bits per heavy atom. The topological polar surface area (TPSA) is 71.7 Å². The molecule has 188 valence electrons. The second kappa shape index (κ2) is 11.6. The molecule has 35 heavy (non-hydrogen) atoms. The smallest absolute Gasteiger partial charge is 0.264 e. The molecule has 0 N–H and O–H groups in total. The van der Waals surface area contributed by atoms with E-state index in [2.05, 4.69) is 14.4 Å². The minimum absolute atomic E-state index is 0.112. The van der Waals surface area contributed by atoms with Crippen LogP contribution in [0.2, 0.25) is 0 Å². The highest BCUT2D eigenvalue weighted by atomic mass is 32.2. The quantitative estimate of drug-likeness (QED) is 0.413. The van der Waals surface area contributed by atoms with Crippen molar-refractivity contribution in [3.63, 3.8) is 0 Å². The first kappa shape index (κ1) is 24.4. The monoisotopic (exact) mass is 496 g/mol. The number of amides is 1. The molecule has 2 aliphatic heterocycles. The molecule has 1 unspecified atom stereocenters. The third-order valence-electron chi connectivity index (χ3n) is 7.34. The molecule has 1 aromatic heterocycles. The van der Waals surface area contributed by atoms with Crippen LogP contribution >= 0.6 is 11.9 Å². The van der Waals surface area contributed by atoms with Crippen molar-refractivity contribution in [3.8, 4) is 5.75 Å². The van der Waals surface area contributed by atoms with E-state index in [9.17, 15) is 4.79 Å². The number of hydrogen-bond acceptors (Lipinski definition) is 7. The average Bonchev–Trinajstić information content (AvgIpc) is 3.50. The molecule has 0 spiro atoms. The third-order valence-corrected chi connectivity index (χ3v) is 8.73. The predicted octanol–water partition coefficient (Wildman–Crippen LogP) is 5.69. The number of nitrogens with zero attached hydrogens (tertiary/aromatic N) is 4. The predicted molar refractivity (Wildman–Crippen MR) is 137 cm³/mol. The molecule has 2 fully saturated rings. The highest BCUT2D eigenvalue weighted by molar-refractivity contribution is 7.97. The fourth-order valence-electron chi connectivity index (χ4n) is 5.19. The van der Waals surface area contributed by atoms with Crippen molar-refractivity contribution in [3.05, 3.63) is 53.2 Å². The zero-order valence-electron chi connectivity index (χ0n) is 20.7. The highest BCUT2D eigenvalue weighted by Gasteiger charge is 2.29. The maximum absolute atomic E-state index is 12.1. The molecule has 1 aromatic carbocycles. The number of rotatable bonds is 9. The van der Waals surface area contributed by atoms with E-state index in [1.165, 1.54) is 50.7 Å². The van der Waals surface area contributed by atoms with Gasteiger partial charge in [-0.05, 0) is 56.2 Å². The number of carbonyl (C=O) groups excluding carboxylic acids is 1. The molecule has 8 heteroatoms. The van der Waals surface area contributed by atoms with Gasteiger partial charge in [-0.25, -0.2) is 4.31 Å². The van der Waals surface area contributed by atoms with Crippen LogP contribution in [0.1, 0.15) is 81.6 Å². The molecular weight excluding hydrogens is 460 g/mol. The van der Waals surface area contributed by atoms with Crippen LogP contribution in [-0.4, -0.2) is 44.1 Å².